The summed E-state index contributed by atoms with van der Waals surface area (Å²) < 4.78 is 1.76. The molecule has 0 bridgehead atoms. The van der Waals surface area contributed by atoms with Crippen LogP contribution in [0, 0.1) is 19.8 Å². The third kappa shape index (κ3) is 2.20. The lowest BCUT2D eigenvalue weighted by Gasteiger charge is -2.20. The summed E-state index contributed by atoms with van der Waals surface area (Å²) >= 11 is 6.05. The summed E-state index contributed by atoms with van der Waals surface area (Å²) in [5, 5.41) is 4.96. The highest BCUT2D eigenvalue weighted by molar-refractivity contribution is 6.31. The highest BCUT2D eigenvalue weighted by Crippen LogP contribution is 2.25. The SMILES string of the molecule is Cc1nn(C(C)C(C)C(=O)NN)c(C)c1Cl. The van der Waals surface area contributed by atoms with Gasteiger partial charge in [-0.05, 0) is 20.8 Å². The lowest BCUT2D eigenvalue weighted by Crippen LogP contribution is -2.38. The van der Waals surface area contributed by atoms with Crippen molar-refractivity contribution in [2.45, 2.75) is 33.7 Å². The van der Waals surface area contributed by atoms with Crippen LogP contribution in [0.25, 0.3) is 0 Å². The first-order valence-electron chi connectivity index (χ1n) is 5.11. The van der Waals surface area contributed by atoms with E-state index in [0.717, 1.165) is 11.4 Å². The molecule has 0 aliphatic carbocycles. The highest BCUT2D eigenvalue weighted by Gasteiger charge is 2.24. The Morgan fingerprint density at radius 2 is 2.06 bits per heavy atom. The summed E-state index contributed by atoms with van der Waals surface area (Å²) in [6.45, 7) is 7.44. The molecule has 90 valence electrons. The monoisotopic (exact) mass is 244 g/mol. The summed E-state index contributed by atoms with van der Waals surface area (Å²) in [5.41, 5.74) is 3.78. The second kappa shape index (κ2) is 4.84. The van der Waals surface area contributed by atoms with E-state index in [0.29, 0.717) is 5.02 Å². The van der Waals surface area contributed by atoms with Crippen LogP contribution in [0.5, 0.6) is 0 Å². The average molecular weight is 245 g/mol. The van der Waals surface area contributed by atoms with E-state index >= 15 is 0 Å². The van der Waals surface area contributed by atoms with Gasteiger partial charge in [-0.3, -0.25) is 14.9 Å². The number of carbonyl (C=O) groups is 1. The van der Waals surface area contributed by atoms with Crippen LogP contribution in [-0.2, 0) is 4.79 Å². The Hall–Kier alpha value is -1.07. The fraction of sp³-hybridized carbons (Fsp3) is 0.600. The molecule has 1 amide bonds. The van der Waals surface area contributed by atoms with Crippen molar-refractivity contribution in [2.75, 3.05) is 0 Å². The third-order valence-corrected chi connectivity index (χ3v) is 3.45. The number of halogens is 1. The molecular weight excluding hydrogens is 228 g/mol. The lowest BCUT2D eigenvalue weighted by atomic mass is 10.0. The zero-order chi connectivity index (χ0) is 12.5. The van der Waals surface area contributed by atoms with Gasteiger partial charge in [-0.1, -0.05) is 18.5 Å². The Morgan fingerprint density at radius 1 is 1.50 bits per heavy atom. The fourth-order valence-electron chi connectivity index (χ4n) is 1.60. The van der Waals surface area contributed by atoms with E-state index in [4.69, 9.17) is 17.4 Å². The van der Waals surface area contributed by atoms with Crippen molar-refractivity contribution in [3.63, 3.8) is 0 Å². The summed E-state index contributed by atoms with van der Waals surface area (Å²) in [6, 6.07) is -0.0882. The van der Waals surface area contributed by atoms with E-state index in [2.05, 4.69) is 10.5 Å². The maximum Gasteiger partial charge on any atom is 0.238 e. The van der Waals surface area contributed by atoms with Crippen LogP contribution in [-0.4, -0.2) is 15.7 Å². The minimum atomic E-state index is -0.265. The summed E-state index contributed by atoms with van der Waals surface area (Å²) in [6.07, 6.45) is 0. The Morgan fingerprint density at radius 3 is 2.44 bits per heavy atom. The van der Waals surface area contributed by atoms with Gasteiger partial charge < -0.3 is 0 Å². The molecule has 2 atom stereocenters. The molecule has 0 aliphatic heterocycles. The number of aromatic nitrogens is 2. The maximum absolute atomic E-state index is 11.4. The van der Waals surface area contributed by atoms with Crippen molar-refractivity contribution in [3.8, 4) is 0 Å². The van der Waals surface area contributed by atoms with E-state index in [1.54, 1.807) is 11.6 Å². The first-order chi connectivity index (χ1) is 7.40. The maximum atomic E-state index is 11.4. The topological polar surface area (TPSA) is 72.9 Å². The van der Waals surface area contributed by atoms with Crippen LogP contribution in [0.3, 0.4) is 0 Å². The molecular formula is C10H17ClN4O. The Balaban J connectivity index is 3.00. The predicted octanol–water partition coefficient (Wildman–Crippen LogP) is 1.34. The molecule has 5 nitrogen and oxygen atoms in total. The number of carbonyl (C=O) groups excluding carboxylic acids is 1. The van der Waals surface area contributed by atoms with Crippen molar-refractivity contribution in [1.82, 2.24) is 15.2 Å². The normalized spacial score (nSPS) is 14.6. The Bertz CT molecular complexity index is 402. The van der Waals surface area contributed by atoms with Crippen molar-refractivity contribution < 1.29 is 4.79 Å². The number of aryl methyl sites for hydroxylation is 1. The van der Waals surface area contributed by atoms with Crippen LogP contribution in [0.2, 0.25) is 5.02 Å². The largest absolute Gasteiger partial charge is 0.294 e. The molecule has 1 aromatic rings. The molecule has 1 aromatic heterocycles. The molecule has 1 rings (SSSR count). The van der Waals surface area contributed by atoms with E-state index in [1.165, 1.54) is 0 Å². The average Bonchev–Trinajstić information content (AvgIpc) is 2.54. The highest BCUT2D eigenvalue weighted by atomic mass is 35.5. The number of amides is 1. The van der Waals surface area contributed by atoms with Crippen LogP contribution < -0.4 is 11.3 Å². The number of nitrogens with zero attached hydrogens (tertiary/aromatic N) is 2. The third-order valence-electron chi connectivity index (χ3n) is 2.90. The summed E-state index contributed by atoms with van der Waals surface area (Å²) in [5.74, 6) is 4.63. The smallest absolute Gasteiger partial charge is 0.238 e. The molecule has 0 radical (unpaired) electrons. The predicted molar refractivity (Wildman–Crippen MR) is 62.9 cm³/mol. The van der Waals surface area contributed by atoms with Crippen molar-refractivity contribution in [2.24, 2.45) is 11.8 Å². The Labute approximate surface area is 99.9 Å². The van der Waals surface area contributed by atoms with Crippen molar-refractivity contribution in [3.05, 3.63) is 16.4 Å². The first-order valence-corrected chi connectivity index (χ1v) is 5.49. The number of hydrogen-bond acceptors (Lipinski definition) is 3. The van der Waals surface area contributed by atoms with Gasteiger partial charge in [-0.15, -0.1) is 0 Å². The summed E-state index contributed by atoms with van der Waals surface area (Å²) in [4.78, 5) is 11.4. The molecule has 1 heterocycles. The molecule has 2 unspecified atom stereocenters. The van der Waals surface area contributed by atoms with Gasteiger partial charge in [-0.25, -0.2) is 5.84 Å². The van der Waals surface area contributed by atoms with E-state index < -0.39 is 0 Å². The minimum Gasteiger partial charge on any atom is -0.294 e. The van der Waals surface area contributed by atoms with Gasteiger partial charge in [0.25, 0.3) is 0 Å². The second-order valence-electron chi connectivity index (χ2n) is 3.97. The van der Waals surface area contributed by atoms with E-state index in [9.17, 15) is 4.79 Å². The van der Waals surface area contributed by atoms with Gasteiger partial charge in [-0.2, -0.15) is 5.10 Å². The van der Waals surface area contributed by atoms with Gasteiger partial charge in [0.2, 0.25) is 5.91 Å². The lowest BCUT2D eigenvalue weighted by molar-refractivity contribution is -0.125. The standard InChI is InChI=1S/C10H17ClN4O/c1-5(10(16)13-12)7(3)15-8(4)9(11)6(2)14-15/h5,7H,12H2,1-4H3,(H,13,16). The fourth-order valence-corrected chi connectivity index (χ4v) is 1.73. The number of hydrazine groups is 1. The first kappa shape index (κ1) is 13.0. The molecule has 3 N–H and O–H groups in total. The van der Waals surface area contributed by atoms with Crippen molar-refractivity contribution >= 4 is 17.5 Å². The molecule has 0 saturated carbocycles. The zero-order valence-corrected chi connectivity index (χ0v) is 10.7. The van der Waals surface area contributed by atoms with E-state index in [1.807, 2.05) is 20.8 Å². The number of hydrogen-bond donors (Lipinski definition) is 2. The van der Waals surface area contributed by atoms with Gasteiger partial charge in [0.15, 0.2) is 0 Å². The van der Waals surface area contributed by atoms with Crippen molar-refractivity contribution in [1.29, 1.82) is 0 Å². The second-order valence-corrected chi connectivity index (χ2v) is 4.35. The summed E-state index contributed by atoms with van der Waals surface area (Å²) in [7, 11) is 0. The molecule has 0 spiro atoms. The number of rotatable bonds is 3. The van der Waals surface area contributed by atoms with Crippen LogP contribution in [0.4, 0.5) is 0 Å². The van der Waals surface area contributed by atoms with E-state index in [-0.39, 0.29) is 17.9 Å². The molecule has 0 saturated heterocycles. The van der Waals surface area contributed by atoms with Gasteiger partial charge >= 0.3 is 0 Å². The zero-order valence-electron chi connectivity index (χ0n) is 9.91. The van der Waals surface area contributed by atoms with Crippen LogP contribution >= 0.6 is 11.6 Å². The molecule has 6 heteroatoms. The molecule has 0 aliphatic rings. The molecule has 0 fully saturated rings. The number of nitrogens with two attached hydrogens (primary N) is 1. The molecule has 16 heavy (non-hydrogen) atoms. The minimum absolute atomic E-state index is 0.0882. The number of nitrogens with one attached hydrogen (secondary N) is 1. The Kier molecular flexibility index (Phi) is 3.93. The van der Waals surface area contributed by atoms with Crippen LogP contribution in [0.15, 0.2) is 0 Å². The van der Waals surface area contributed by atoms with Gasteiger partial charge in [0.05, 0.1) is 28.4 Å². The quantitative estimate of drug-likeness (QED) is 0.479. The van der Waals surface area contributed by atoms with Crippen LogP contribution in [0.1, 0.15) is 31.3 Å². The van der Waals surface area contributed by atoms with Gasteiger partial charge in [0, 0.05) is 0 Å². The van der Waals surface area contributed by atoms with Gasteiger partial charge in [0.1, 0.15) is 0 Å². The molecule has 0 aromatic carbocycles.